The van der Waals surface area contributed by atoms with E-state index in [-0.39, 0.29) is 11.9 Å². The molecule has 0 aliphatic heterocycles. The second kappa shape index (κ2) is 6.53. The van der Waals surface area contributed by atoms with Gasteiger partial charge in [0, 0.05) is 24.8 Å². The van der Waals surface area contributed by atoms with Crippen LogP contribution in [-0.4, -0.2) is 13.1 Å². The topological polar surface area (TPSA) is 29.3 Å². The molecule has 0 heterocycles. The van der Waals surface area contributed by atoms with Crippen LogP contribution in [0.15, 0.2) is 48.5 Å². The Morgan fingerprint density at radius 1 is 1.15 bits per heavy atom. The smallest absolute Gasteiger partial charge is 0.123 e. The number of anilines is 1. The van der Waals surface area contributed by atoms with Crippen LogP contribution in [0.3, 0.4) is 0 Å². The predicted octanol–water partition coefficient (Wildman–Crippen LogP) is 3.66. The van der Waals surface area contributed by atoms with Crippen molar-refractivity contribution in [2.24, 2.45) is 5.73 Å². The van der Waals surface area contributed by atoms with Crippen LogP contribution in [0.1, 0.15) is 24.1 Å². The molecule has 0 aromatic heterocycles. The number of hydrogen-bond acceptors (Lipinski definition) is 2. The summed E-state index contributed by atoms with van der Waals surface area (Å²) < 4.78 is 12.9. The minimum absolute atomic E-state index is 0.129. The van der Waals surface area contributed by atoms with Gasteiger partial charge in [0.15, 0.2) is 0 Å². The highest BCUT2D eigenvalue weighted by Gasteiger charge is 2.12. The Morgan fingerprint density at radius 3 is 2.45 bits per heavy atom. The fourth-order valence-electron chi connectivity index (χ4n) is 2.29. The third-order valence-electron chi connectivity index (χ3n) is 3.46. The fourth-order valence-corrected chi connectivity index (χ4v) is 2.29. The second-order valence-corrected chi connectivity index (χ2v) is 5.04. The highest BCUT2D eigenvalue weighted by Crippen LogP contribution is 2.19. The first-order valence-electron chi connectivity index (χ1n) is 6.93. The van der Waals surface area contributed by atoms with Crippen LogP contribution in [0.2, 0.25) is 0 Å². The van der Waals surface area contributed by atoms with Crippen LogP contribution in [0.4, 0.5) is 10.1 Å². The van der Waals surface area contributed by atoms with Gasteiger partial charge in [0.2, 0.25) is 0 Å². The number of aryl methyl sites for hydroxylation is 1. The quantitative estimate of drug-likeness (QED) is 0.900. The van der Waals surface area contributed by atoms with Crippen molar-refractivity contribution in [3.63, 3.8) is 0 Å². The van der Waals surface area contributed by atoms with Crippen molar-refractivity contribution >= 4 is 5.69 Å². The van der Waals surface area contributed by atoms with E-state index in [0.29, 0.717) is 6.54 Å². The number of benzene rings is 2. The molecule has 2 aromatic carbocycles. The van der Waals surface area contributed by atoms with Gasteiger partial charge in [-0.1, -0.05) is 24.3 Å². The first-order chi connectivity index (χ1) is 9.60. The zero-order chi connectivity index (χ0) is 14.5. The van der Waals surface area contributed by atoms with Crippen molar-refractivity contribution in [1.29, 1.82) is 0 Å². The molecule has 106 valence electrons. The summed E-state index contributed by atoms with van der Waals surface area (Å²) in [6.45, 7) is 5.79. The maximum atomic E-state index is 12.9. The highest BCUT2D eigenvalue weighted by molar-refractivity contribution is 5.48. The molecule has 0 saturated carbocycles. The second-order valence-electron chi connectivity index (χ2n) is 5.04. The summed E-state index contributed by atoms with van der Waals surface area (Å²) in [4.78, 5) is 2.24. The van der Waals surface area contributed by atoms with Crippen molar-refractivity contribution in [3.8, 4) is 0 Å². The van der Waals surface area contributed by atoms with E-state index in [1.54, 1.807) is 12.1 Å². The van der Waals surface area contributed by atoms with Gasteiger partial charge in [0.05, 0.1) is 0 Å². The number of likely N-dealkylation sites (N-methyl/N-ethyl adjacent to an activating group) is 1. The molecule has 0 aliphatic rings. The molecule has 1 atom stereocenters. The zero-order valence-corrected chi connectivity index (χ0v) is 12.0. The summed E-state index contributed by atoms with van der Waals surface area (Å²) in [5.41, 5.74) is 9.59. The van der Waals surface area contributed by atoms with Crippen molar-refractivity contribution in [2.75, 3.05) is 18.0 Å². The average Bonchev–Trinajstić information content (AvgIpc) is 2.45. The molecule has 2 aromatic rings. The monoisotopic (exact) mass is 272 g/mol. The van der Waals surface area contributed by atoms with Crippen molar-refractivity contribution in [3.05, 3.63) is 65.5 Å². The van der Waals surface area contributed by atoms with Gasteiger partial charge >= 0.3 is 0 Å². The number of nitrogens with zero attached hydrogens (tertiary/aromatic N) is 1. The summed E-state index contributed by atoms with van der Waals surface area (Å²) in [6, 6.07) is 14.7. The molecule has 0 saturated heterocycles. The first kappa shape index (κ1) is 14.5. The Morgan fingerprint density at radius 2 is 1.85 bits per heavy atom. The third kappa shape index (κ3) is 3.58. The van der Waals surface area contributed by atoms with Crippen molar-refractivity contribution in [2.45, 2.75) is 19.9 Å². The van der Waals surface area contributed by atoms with Gasteiger partial charge in [-0.15, -0.1) is 0 Å². The lowest BCUT2D eigenvalue weighted by Gasteiger charge is -2.27. The van der Waals surface area contributed by atoms with E-state index in [0.717, 1.165) is 12.1 Å². The Bertz CT molecular complexity index is 551. The van der Waals surface area contributed by atoms with Crippen LogP contribution in [0.5, 0.6) is 0 Å². The van der Waals surface area contributed by atoms with E-state index in [1.807, 2.05) is 0 Å². The van der Waals surface area contributed by atoms with E-state index in [9.17, 15) is 4.39 Å². The van der Waals surface area contributed by atoms with Crippen molar-refractivity contribution in [1.82, 2.24) is 0 Å². The molecule has 0 aliphatic carbocycles. The molecule has 0 spiro atoms. The third-order valence-corrected chi connectivity index (χ3v) is 3.46. The molecule has 20 heavy (non-hydrogen) atoms. The van der Waals surface area contributed by atoms with Gasteiger partial charge in [-0.25, -0.2) is 4.39 Å². The number of rotatable bonds is 5. The number of hydrogen-bond donors (Lipinski definition) is 1. The standard InChI is InChI=1S/C17H21FN2/c1-3-20(16-6-4-5-13(2)11-16)12-17(19)14-7-9-15(18)10-8-14/h4-11,17H,3,12,19H2,1-2H3. The highest BCUT2D eigenvalue weighted by atomic mass is 19.1. The Kier molecular flexibility index (Phi) is 4.74. The predicted molar refractivity (Wildman–Crippen MR) is 82.4 cm³/mol. The van der Waals surface area contributed by atoms with Gasteiger partial charge in [0.25, 0.3) is 0 Å². The largest absolute Gasteiger partial charge is 0.370 e. The van der Waals surface area contributed by atoms with Gasteiger partial charge in [0.1, 0.15) is 5.82 Å². The summed E-state index contributed by atoms with van der Waals surface area (Å²) in [5, 5.41) is 0. The van der Waals surface area contributed by atoms with Gasteiger partial charge < -0.3 is 10.6 Å². The van der Waals surface area contributed by atoms with Crippen LogP contribution in [-0.2, 0) is 0 Å². The molecule has 0 bridgehead atoms. The van der Waals surface area contributed by atoms with E-state index < -0.39 is 0 Å². The fraction of sp³-hybridized carbons (Fsp3) is 0.294. The summed E-state index contributed by atoms with van der Waals surface area (Å²) in [7, 11) is 0. The molecule has 1 unspecified atom stereocenters. The van der Waals surface area contributed by atoms with Gasteiger partial charge in [-0.2, -0.15) is 0 Å². The van der Waals surface area contributed by atoms with E-state index >= 15 is 0 Å². The summed E-state index contributed by atoms with van der Waals surface area (Å²) in [5.74, 6) is -0.230. The molecule has 2 rings (SSSR count). The van der Waals surface area contributed by atoms with Gasteiger partial charge in [-0.3, -0.25) is 0 Å². The summed E-state index contributed by atoms with van der Waals surface area (Å²) in [6.07, 6.45) is 0. The zero-order valence-electron chi connectivity index (χ0n) is 12.0. The minimum Gasteiger partial charge on any atom is -0.370 e. The van der Waals surface area contributed by atoms with Crippen LogP contribution >= 0.6 is 0 Å². The lowest BCUT2D eigenvalue weighted by molar-refractivity contribution is 0.623. The molecule has 0 radical (unpaired) electrons. The molecule has 3 heteroatoms. The lowest BCUT2D eigenvalue weighted by Crippen LogP contribution is -2.32. The minimum atomic E-state index is -0.230. The van der Waals surface area contributed by atoms with E-state index in [2.05, 4.69) is 43.0 Å². The average molecular weight is 272 g/mol. The maximum absolute atomic E-state index is 12.9. The Balaban J connectivity index is 2.11. The van der Waals surface area contributed by atoms with Crippen LogP contribution < -0.4 is 10.6 Å². The van der Waals surface area contributed by atoms with Crippen LogP contribution in [0.25, 0.3) is 0 Å². The molecule has 0 amide bonds. The Labute approximate surface area is 120 Å². The SMILES string of the molecule is CCN(CC(N)c1ccc(F)cc1)c1cccc(C)c1. The number of halogens is 1. The first-order valence-corrected chi connectivity index (χ1v) is 6.93. The molecular formula is C17H21FN2. The molecule has 2 N–H and O–H groups in total. The summed E-state index contributed by atoms with van der Waals surface area (Å²) >= 11 is 0. The van der Waals surface area contributed by atoms with Gasteiger partial charge in [-0.05, 0) is 49.2 Å². The number of nitrogens with two attached hydrogens (primary N) is 1. The van der Waals surface area contributed by atoms with E-state index in [1.165, 1.54) is 23.4 Å². The van der Waals surface area contributed by atoms with Crippen LogP contribution in [0, 0.1) is 12.7 Å². The lowest BCUT2D eigenvalue weighted by atomic mass is 10.1. The molecule has 0 fully saturated rings. The maximum Gasteiger partial charge on any atom is 0.123 e. The van der Waals surface area contributed by atoms with Crippen molar-refractivity contribution < 1.29 is 4.39 Å². The molecular weight excluding hydrogens is 251 g/mol. The molecule has 2 nitrogen and oxygen atoms in total. The Hall–Kier alpha value is -1.87. The normalized spacial score (nSPS) is 12.2. The van der Waals surface area contributed by atoms with E-state index in [4.69, 9.17) is 5.73 Å².